The van der Waals surface area contributed by atoms with E-state index in [1.807, 2.05) is 56.3 Å². The van der Waals surface area contributed by atoms with Crippen molar-refractivity contribution in [2.75, 3.05) is 27.4 Å². The quantitative estimate of drug-likeness (QED) is 0.250. The number of para-hydroxylation sites is 1. The second-order valence-electron chi connectivity index (χ2n) is 9.50. The summed E-state index contributed by atoms with van der Waals surface area (Å²) in [5, 5.41) is 13.2. The molecule has 0 aliphatic heterocycles. The Balaban J connectivity index is 1.69. The number of aryl methyl sites for hydroxylation is 1. The number of methoxy groups -OCH3 is 2. The van der Waals surface area contributed by atoms with E-state index in [0.717, 1.165) is 22.0 Å². The number of esters is 1. The number of hydrogen-bond acceptors (Lipinski definition) is 9. The first-order valence-electron chi connectivity index (χ1n) is 13.4. The smallest absolute Gasteiger partial charge is 0.327 e. The summed E-state index contributed by atoms with van der Waals surface area (Å²) < 4.78 is 17.5. The number of carbonyl (C=O) groups is 1. The lowest BCUT2D eigenvalue weighted by Crippen LogP contribution is -2.34. The molecule has 4 rings (SSSR count). The van der Waals surface area contributed by atoms with Crippen molar-refractivity contribution in [1.82, 2.24) is 30.1 Å². The van der Waals surface area contributed by atoms with Gasteiger partial charge in [-0.15, -0.1) is 5.10 Å². The van der Waals surface area contributed by atoms with Crippen LogP contribution in [-0.2, 0) is 29.0 Å². The van der Waals surface area contributed by atoms with Crippen LogP contribution in [0.3, 0.4) is 0 Å². The maximum absolute atomic E-state index is 13.2. The van der Waals surface area contributed by atoms with Gasteiger partial charge in [0.1, 0.15) is 6.54 Å². The summed E-state index contributed by atoms with van der Waals surface area (Å²) in [6.45, 7) is 6.89. The molecule has 4 aromatic rings. The van der Waals surface area contributed by atoms with Crippen molar-refractivity contribution >= 4 is 16.9 Å². The molecular weight excluding hydrogens is 512 g/mol. The Kier molecular flexibility index (Phi) is 9.49. The predicted octanol–water partition coefficient (Wildman–Crippen LogP) is 3.60. The van der Waals surface area contributed by atoms with Crippen molar-refractivity contribution in [3.63, 3.8) is 0 Å². The SMILES string of the molecule is CCOC(=O)Cn1nnnc1C(CC)N(CCc1ccc(OC)c(OC)c1)Cc1cc2cccc(C)c2[nH]c1=O. The Morgan fingerprint density at radius 2 is 1.90 bits per heavy atom. The summed E-state index contributed by atoms with van der Waals surface area (Å²) in [4.78, 5) is 30.7. The predicted molar refractivity (Wildman–Crippen MR) is 150 cm³/mol. The Hall–Kier alpha value is -4.25. The molecule has 0 saturated carbocycles. The Morgan fingerprint density at radius 1 is 1.10 bits per heavy atom. The minimum absolute atomic E-state index is 0.0912. The maximum atomic E-state index is 13.2. The zero-order valence-corrected chi connectivity index (χ0v) is 23.6. The van der Waals surface area contributed by atoms with E-state index < -0.39 is 5.97 Å². The first-order chi connectivity index (χ1) is 19.4. The molecule has 0 aliphatic carbocycles. The van der Waals surface area contributed by atoms with Gasteiger partial charge in [0.05, 0.1) is 32.4 Å². The van der Waals surface area contributed by atoms with Gasteiger partial charge in [0.25, 0.3) is 5.56 Å². The van der Waals surface area contributed by atoms with Crippen molar-refractivity contribution in [2.24, 2.45) is 0 Å². The van der Waals surface area contributed by atoms with Crippen LogP contribution in [-0.4, -0.2) is 63.4 Å². The van der Waals surface area contributed by atoms with Crippen molar-refractivity contribution in [2.45, 2.75) is 52.7 Å². The molecule has 2 heterocycles. The molecule has 0 amide bonds. The van der Waals surface area contributed by atoms with Crippen molar-refractivity contribution in [3.8, 4) is 11.5 Å². The zero-order valence-electron chi connectivity index (χ0n) is 23.6. The van der Waals surface area contributed by atoms with E-state index in [-0.39, 0.29) is 24.8 Å². The van der Waals surface area contributed by atoms with Crippen molar-refractivity contribution in [3.05, 3.63) is 75.3 Å². The third-order valence-corrected chi connectivity index (χ3v) is 6.94. The normalized spacial score (nSPS) is 12.1. The van der Waals surface area contributed by atoms with Gasteiger partial charge in [0.2, 0.25) is 0 Å². The number of ether oxygens (including phenoxy) is 3. The standard InChI is InChI=1S/C29H36N6O5/c1-6-23(28-31-32-33-35(28)18-26(36)40-7-2)34(14-13-20-11-12-24(38-4)25(15-20)39-5)17-22-16-21-10-8-9-19(3)27(21)30-29(22)37/h8-12,15-16,23H,6-7,13-14,17-18H2,1-5H3,(H,30,37). The van der Waals surface area contributed by atoms with E-state index in [1.165, 1.54) is 4.68 Å². The summed E-state index contributed by atoms with van der Waals surface area (Å²) in [5.41, 5.74) is 3.38. The molecule has 1 N–H and O–H groups in total. The monoisotopic (exact) mass is 548 g/mol. The number of carbonyl (C=O) groups excluding carboxylic acids is 1. The number of benzene rings is 2. The number of hydrogen-bond donors (Lipinski definition) is 1. The lowest BCUT2D eigenvalue weighted by molar-refractivity contribution is -0.144. The molecule has 212 valence electrons. The number of nitrogens with zero attached hydrogens (tertiary/aromatic N) is 5. The number of H-pyrrole nitrogens is 1. The van der Waals surface area contributed by atoms with Gasteiger partial charge >= 0.3 is 5.97 Å². The Bertz CT molecular complexity index is 1510. The molecule has 1 unspecified atom stereocenters. The highest BCUT2D eigenvalue weighted by atomic mass is 16.5. The van der Waals surface area contributed by atoms with Gasteiger partial charge in [-0.2, -0.15) is 0 Å². The maximum Gasteiger partial charge on any atom is 0.327 e. The lowest BCUT2D eigenvalue weighted by atomic mass is 10.1. The van der Waals surface area contributed by atoms with Crippen LogP contribution >= 0.6 is 0 Å². The number of aromatic amines is 1. The molecule has 11 nitrogen and oxygen atoms in total. The van der Waals surface area contributed by atoms with Gasteiger partial charge in [-0.25, -0.2) is 4.68 Å². The largest absolute Gasteiger partial charge is 0.493 e. The molecule has 40 heavy (non-hydrogen) atoms. The van der Waals surface area contributed by atoms with E-state index in [1.54, 1.807) is 21.1 Å². The van der Waals surface area contributed by atoms with E-state index in [0.29, 0.717) is 48.8 Å². The van der Waals surface area contributed by atoms with E-state index >= 15 is 0 Å². The molecule has 2 aromatic carbocycles. The van der Waals surface area contributed by atoms with Crippen molar-refractivity contribution < 1.29 is 19.0 Å². The zero-order chi connectivity index (χ0) is 28.6. The van der Waals surface area contributed by atoms with Gasteiger partial charge in [0.15, 0.2) is 17.3 Å². The van der Waals surface area contributed by atoms with Gasteiger partial charge in [-0.3, -0.25) is 14.5 Å². The number of tetrazole rings is 1. The second kappa shape index (κ2) is 13.2. The summed E-state index contributed by atoms with van der Waals surface area (Å²) in [7, 11) is 3.21. The molecule has 0 spiro atoms. The molecule has 2 aromatic heterocycles. The molecule has 0 aliphatic rings. The van der Waals surface area contributed by atoms with E-state index in [4.69, 9.17) is 14.2 Å². The number of rotatable bonds is 13. The summed E-state index contributed by atoms with van der Waals surface area (Å²) >= 11 is 0. The van der Waals surface area contributed by atoms with Crippen LogP contribution in [0.15, 0.2) is 47.3 Å². The first kappa shape index (κ1) is 28.8. The Morgan fingerprint density at radius 3 is 2.62 bits per heavy atom. The molecule has 0 bridgehead atoms. The molecule has 0 radical (unpaired) electrons. The van der Waals surface area contributed by atoms with Crippen LogP contribution in [0.4, 0.5) is 0 Å². The average molecular weight is 549 g/mol. The molecule has 1 atom stereocenters. The highest BCUT2D eigenvalue weighted by Gasteiger charge is 2.27. The van der Waals surface area contributed by atoms with Crippen LogP contribution in [0.1, 0.15) is 48.8 Å². The highest BCUT2D eigenvalue weighted by molar-refractivity contribution is 5.81. The van der Waals surface area contributed by atoms with Gasteiger partial charge in [-0.1, -0.05) is 31.2 Å². The van der Waals surface area contributed by atoms with Gasteiger partial charge < -0.3 is 19.2 Å². The van der Waals surface area contributed by atoms with Crippen LogP contribution in [0, 0.1) is 6.92 Å². The summed E-state index contributed by atoms with van der Waals surface area (Å²) in [5.74, 6) is 1.43. The van der Waals surface area contributed by atoms with Crippen LogP contribution in [0.5, 0.6) is 11.5 Å². The first-order valence-corrected chi connectivity index (χ1v) is 13.4. The number of nitrogens with one attached hydrogen (secondary N) is 1. The van der Waals surface area contributed by atoms with E-state index in [9.17, 15) is 9.59 Å². The van der Waals surface area contributed by atoms with E-state index in [2.05, 4.69) is 25.4 Å². The average Bonchev–Trinajstić information content (AvgIpc) is 3.40. The fraction of sp³-hybridized carbons (Fsp3) is 0.414. The number of pyridine rings is 1. The number of aromatic nitrogens is 5. The minimum atomic E-state index is -0.413. The topological polar surface area (TPSA) is 124 Å². The van der Waals surface area contributed by atoms with Crippen LogP contribution in [0.25, 0.3) is 10.9 Å². The van der Waals surface area contributed by atoms with Gasteiger partial charge in [-0.05, 0) is 71.8 Å². The molecule has 0 saturated heterocycles. The fourth-order valence-electron chi connectivity index (χ4n) is 4.91. The number of fused-ring (bicyclic) bond motifs is 1. The third-order valence-electron chi connectivity index (χ3n) is 6.94. The Labute approximate surface area is 233 Å². The molecule has 11 heteroatoms. The molecule has 0 fully saturated rings. The van der Waals surface area contributed by atoms with Crippen molar-refractivity contribution in [1.29, 1.82) is 0 Å². The minimum Gasteiger partial charge on any atom is -0.493 e. The fourth-order valence-corrected chi connectivity index (χ4v) is 4.91. The second-order valence-corrected chi connectivity index (χ2v) is 9.50. The van der Waals surface area contributed by atoms with Gasteiger partial charge in [0, 0.05) is 18.7 Å². The third kappa shape index (κ3) is 6.48. The molecular formula is C29H36N6O5. The van der Waals surface area contributed by atoms with Crippen LogP contribution < -0.4 is 15.0 Å². The van der Waals surface area contributed by atoms with Crippen LogP contribution in [0.2, 0.25) is 0 Å². The summed E-state index contributed by atoms with van der Waals surface area (Å²) in [6, 6.07) is 13.5. The lowest BCUT2D eigenvalue weighted by Gasteiger charge is -2.30. The summed E-state index contributed by atoms with van der Waals surface area (Å²) in [6.07, 6.45) is 1.32. The highest BCUT2D eigenvalue weighted by Crippen LogP contribution is 2.29.